The van der Waals surface area contributed by atoms with E-state index in [4.69, 9.17) is 4.74 Å². The second kappa shape index (κ2) is 6.02. The molecule has 1 aliphatic rings. The second-order valence-electron chi connectivity index (χ2n) is 4.40. The molecule has 0 radical (unpaired) electrons. The summed E-state index contributed by atoms with van der Waals surface area (Å²) in [6, 6.07) is 0. The van der Waals surface area contributed by atoms with E-state index in [1.807, 2.05) is 0 Å². The number of allylic oxidation sites excluding steroid dienone is 1. The zero-order valence-electron chi connectivity index (χ0n) is 11.1. The fourth-order valence-corrected chi connectivity index (χ4v) is 3.56. The number of hydrogen-bond acceptors (Lipinski definition) is 4. The Kier molecular flexibility index (Phi) is 4.37. The molecule has 102 valence electrons. The molecule has 0 unspecified atom stereocenters. The van der Waals surface area contributed by atoms with Crippen LogP contribution in [0.1, 0.15) is 40.6 Å². The molecular formula is C14H17NO3S. The van der Waals surface area contributed by atoms with Gasteiger partial charge in [-0.1, -0.05) is 6.08 Å². The number of nitrogens with one attached hydrogen (secondary N) is 1. The number of ether oxygens (including phenoxy) is 1. The average Bonchev–Trinajstić information content (AvgIpc) is 2.75. The molecule has 0 fully saturated rings. The summed E-state index contributed by atoms with van der Waals surface area (Å²) in [5, 5.41) is 3.39. The molecule has 0 aromatic carbocycles. The highest BCUT2D eigenvalue weighted by molar-refractivity contribution is 7.17. The predicted molar refractivity (Wildman–Crippen MR) is 75.7 cm³/mol. The zero-order chi connectivity index (χ0) is 13.8. The van der Waals surface area contributed by atoms with E-state index in [9.17, 15) is 9.59 Å². The number of anilines is 1. The number of fused-ring (bicyclic) bond motifs is 1. The van der Waals surface area contributed by atoms with E-state index in [0.29, 0.717) is 10.6 Å². The maximum absolute atomic E-state index is 11.9. The molecule has 0 aliphatic heterocycles. The summed E-state index contributed by atoms with van der Waals surface area (Å²) < 4.78 is 4.84. The number of carbonyl (C=O) groups excluding carboxylic acids is 2. The molecule has 4 nitrogen and oxygen atoms in total. The maximum Gasteiger partial charge on any atom is 0.341 e. The van der Waals surface area contributed by atoms with Crippen molar-refractivity contribution >= 4 is 28.2 Å². The molecule has 5 heteroatoms. The Labute approximate surface area is 116 Å². The zero-order valence-corrected chi connectivity index (χ0v) is 11.9. The Morgan fingerprint density at radius 1 is 1.32 bits per heavy atom. The van der Waals surface area contributed by atoms with Gasteiger partial charge in [-0.05, 0) is 44.2 Å². The summed E-state index contributed by atoms with van der Waals surface area (Å²) in [5.41, 5.74) is 1.60. The molecule has 1 heterocycles. The number of esters is 1. The standard InChI is InChI=1S/C14H17NO3S/c1-3-6-11(16)15-13-12(14(17)18-2)9-7-4-5-8-10(9)19-13/h3,6H,4-5,7-8H2,1-2H3,(H,15,16). The number of methoxy groups -OCH3 is 1. The van der Waals surface area contributed by atoms with Crippen LogP contribution in [0.25, 0.3) is 0 Å². The van der Waals surface area contributed by atoms with E-state index < -0.39 is 0 Å². The van der Waals surface area contributed by atoms with Crippen LogP contribution in [0.2, 0.25) is 0 Å². The lowest BCUT2D eigenvalue weighted by Gasteiger charge is -2.11. The van der Waals surface area contributed by atoms with Crippen LogP contribution in [0, 0.1) is 0 Å². The van der Waals surface area contributed by atoms with Gasteiger partial charge in [0.25, 0.3) is 0 Å². The van der Waals surface area contributed by atoms with Gasteiger partial charge in [-0.3, -0.25) is 4.79 Å². The van der Waals surface area contributed by atoms with Gasteiger partial charge in [-0.2, -0.15) is 0 Å². The lowest BCUT2D eigenvalue weighted by molar-refractivity contribution is -0.111. The van der Waals surface area contributed by atoms with Crippen LogP contribution in [0.15, 0.2) is 12.2 Å². The molecule has 0 saturated carbocycles. The van der Waals surface area contributed by atoms with E-state index in [2.05, 4.69) is 5.32 Å². The number of amides is 1. The van der Waals surface area contributed by atoms with E-state index in [1.165, 1.54) is 29.4 Å². The number of carbonyl (C=O) groups is 2. The summed E-state index contributed by atoms with van der Waals surface area (Å²) in [4.78, 5) is 24.8. The molecular weight excluding hydrogens is 262 g/mol. The van der Waals surface area contributed by atoms with Gasteiger partial charge in [-0.15, -0.1) is 11.3 Å². The number of aryl methyl sites for hydroxylation is 1. The Bertz CT molecular complexity index is 531. The maximum atomic E-state index is 11.9. The van der Waals surface area contributed by atoms with Crippen LogP contribution in [-0.4, -0.2) is 19.0 Å². The first-order valence-corrected chi connectivity index (χ1v) is 7.15. The van der Waals surface area contributed by atoms with Crippen LogP contribution >= 0.6 is 11.3 Å². The third kappa shape index (κ3) is 2.87. The molecule has 0 spiro atoms. The van der Waals surface area contributed by atoms with Crippen molar-refractivity contribution in [3.8, 4) is 0 Å². The van der Waals surface area contributed by atoms with Crippen LogP contribution in [0.4, 0.5) is 5.00 Å². The molecule has 1 aromatic rings. The van der Waals surface area contributed by atoms with Gasteiger partial charge in [-0.25, -0.2) is 4.79 Å². The Hall–Kier alpha value is -1.62. The van der Waals surface area contributed by atoms with Crippen molar-refractivity contribution in [2.24, 2.45) is 0 Å². The van der Waals surface area contributed by atoms with Gasteiger partial charge in [0.2, 0.25) is 5.91 Å². The highest BCUT2D eigenvalue weighted by Crippen LogP contribution is 2.38. The van der Waals surface area contributed by atoms with Crippen molar-refractivity contribution in [2.75, 3.05) is 12.4 Å². The predicted octanol–water partition coefficient (Wildman–Crippen LogP) is 2.93. The quantitative estimate of drug-likeness (QED) is 0.683. The third-order valence-electron chi connectivity index (χ3n) is 3.12. The molecule has 1 aromatic heterocycles. The molecule has 0 bridgehead atoms. The van der Waals surface area contributed by atoms with Crippen molar-refractivity contribution in [3.63, 3.8) is 0 Å². The van der Waals surface area contributed by atoms with Crippen molar-refractivity contribution in [3.05, 3.63) is 28.2 Å². The van der Waals surface area contributed by atoms with Gasteiger partial charge >= 0.3 is 5.97 Å². The number of thiophene rings is 1. The van der Waals surface area contributed by atoms with Gasteiger partial charge in [0.15, 0.2) is 0 Å². The summed E-state index contributed by atoms with van der Waals surface area (Å²) in [6.07, 6.45) is 7.19. The fourth-order valence-electron chi connectivity index (χ4n) is 2.28. The largest absolute Gasteiger partial charge is 0.465 e. The van der Waals surface area contributed by atoms with Crippen LogP contribution in [0.3, 0.4) is 0 Å². The highest BCUT2D eigenvalue weighted by atomic mass is 32.1. The number of rotatable bonds is 3. The summed E-state index contributed by atoms with van der Waals surface area (Å²) in [7, 11) is 1.37. The minimum Gasteiger partial charge on any atom is -0.465 e. The SMILES string of the molecule is CC=CC(=O)Nc1sc2c(c1C(=O)OC)CCCC2. The molecule has 0 atom stereocenters. The Morgan fingerprint density at radius 2 is 2.05 bits per heavy atom. The molecule has 19 heavy (non-hydrogen) atoms. The monoisotopic (exact) mass is 279 g/mol. The summed E-state index contributed by atoms with van der Waals surface area (Å²) in [5.74, 6) is -0.582. The molecule has 1 aliphatic carbocycles. The van der Waals surface area contributed by atoms with Gasteiger partial charge in [0, 0.05) is 4.88 Å². The van der Waals surface area contributed by atoms with E-state index in [0.717, 1.165) is 31.2 Å². The van der Waals surface area contributed by atoms with Crippen molar-refractivity contribution in [1.82, 2.24) is 0 Å². The third-order valence-corrected chi connectivity index (χ3v) is 4.32. The van der Waals surface area contributed by atoms with Crippen molar-refractivity contribution in [1.29, 1.82) is 0 Å². The van der Waals surface area contributed by atoms with Crippen LogP contribution < -0.4 is 5.32 Å². The highest BCUT2D eigenvalue weighted by Gasteiger charge is 2.26. The van der Waals surface area contributed by atoms with E-state index >= 15 is 0 Å². The van der Waals surface area contributed by atoms with Crippen molar-refractivity contribution < 1.29 is 14.3 Å². The van der Waals surface area contributed by atoms with E-state index in [1.54, 1.807) is 13.0 Å². The smallest absolute Gasteiger partial charge is 0.341 e. The first-order valence-electron chi connectivity index (χ1n) is 6.34. The molecule has 1 N–H and O–H groups in total. The molecule has 0 saturated heterocycles. The molecule has 1 amide bonds. The topological polar surface area (TPSA) is 55.4 Å². The average molecular weight is 279 g/mol. The first kappa shape index (κ1) is 13.8. The van der Waals surface area contributed by atoms with E-state index in [-0.39, 0.29) is 11.9 Å². The van der Waals surface area contributed by atoms with Crippen LogP contribution in [-0.2, 0) is 22.4 Å². The first-order chi connectivity index (χ1) is 9.17. The lowest BCUT2D eigenvalue weighted by atomic mass is 9.95. The Morgan fingerprint density at radius 3 is 2.74 bits per heavy atom. The Balaban J connectivity index is 2.38. The summed E-state index contributed by atoms with van der Waals surface area (Å²) in [6.45, 7) is 1.78. The number of hydrogen-bond donors (Lipinski definition) is 1. The van der Waals surface area contributed by atoms with Gasteiger partial charge in [0.1, 0.15) is 5.00 Å². The van der Waals surface area contributed by atoms with Gasteiger partial charge in [0.05, 0.1) is 12.7 Å². The van der Waals surface area contributed by atoms with Crippen LogP contribution in [0.5, 0.6) is 0 Å². The normalized spacial score (nSPS) is 14.2. The molecule has 2 rings (SSSR count). The second-order valence-corrected chi connectivity index (χ2v) is 5.50. The van der Waals surface area contributed by atoms with Gasteiger partial charge < -0.3 is 10.1 Å². The lowest BCUT2D eigenvalue weighted by Crippen LogP contribution is -2.13. The minimum absolute atomic E-state index is 0.216. The minimum atomic E-state index is -0.366. The van der Waals surface area contributed by atoms with Crippen molar-refractivity contribution in [2.45, 2.75) is 32.6 Å². The fraction of sp³-hybridized carbons (Fsp3) is 0.429. The summed E-state index contributed by atoms with van der Waals surface area (Å²) >= 11 is 1.49.